The van der Waals surface area contributed by atoms with Gasteiger partial charge in [-0.15, -0.1) is 0 Å². The molecule has 116 valence electrons. The number of halogens is 1. The van der Waals surface area contributed by atoms with Crippen LogP contribution in [0.1, 0.15) is 5.56 Å². The van der Waals surface area contributed by atoms with Crippen LogP contribution in [0.15, 0.2) is 24.3 Å². The Balaban J connectivity index is 2.50. The van der Waals surface area contributed by atoms with Crippen LogP contribution in [-0.2, 0) is 25.5 Å². The van der Waals surface area contributed by atoms with Crippen LogP contribution in [0.5, 0.6) is 0 Å². The number of methoxy groups -OCH3 is 1. The van der Waals surface area contributed by atoms with Gasteiger partial charge in [0.15, 0.2) is 0 Å². The predicted molar refractivity (Wildman–Crippen MR) is 73.9 cm³/mol. The lowest BCUT2D eigenvalue weighted by molar-refractivity contribution is -0.130. The first kappa shape index (κ1) is 17.1. The zero-order chi connectivity index (χ0) is 15.7. The number of amides is 2. The van der Waals surface area contributed by atoms with Crippen molar-refractivity contribution in [2.45, 2.75) is 12.5 Å². The van der Waals surface area contributed by atoms with Crippen molar-refractivity contribution in [2.24, 2.45) is 5.73 Å². The lowest BCUT2D eigenvalue weighted by Crippen LogP contribution is -2.47. The summed E-state index contributed by atoms with van der Waals surface area (Å²) in [6.07, 6.45) is 0.122. The number of nitrogens with one attached hydrogen (secondary N) is 1. The molecule has 0 unspecified atom stereocenters. The fourth-order valence-electron chi connectivity index (χ4n) is 1.67. The van der Waals surface area contributed by atoms with Gasteiger partial charge in [-0.3, -0.25) is 9.59 Å². The minimum atomic E-state index is -0.912. The molecule has 0 aromatic heterocycles. The summed E-state index contributed by atoms with van der Waals surface area (Å²) < 4.78 is 22.9. The van der Waals surface area contributed by atoms with Gasteiger partial charge in [0.25, 0.3) is 0 Å². The zero-order valence-electron chi connectivity index (χ0n) is 11.8. The van der Waals surface area contributed by atoms with Crippen molar-refractivity contribution in [3.05, 3.63) is 35.6 Å². The van der Waals surface area contributed by atoms with Gasteiger partial charge in [0, 0.05) is 13.5 Å². The number of nitrogens with two attached hydrogens (primary N) is 1. The van der Waals surface area contributed by atoms with Crippen molar-refractivity contribution in [3.8, 4) is 0 Å². The summed E-state index contributed by atoms with van der Waals surface area (Å²) in [7, 11) is 1.52. The quantitative estimate of drug-likeness (QED) is 0.628. The second kappa shape index (κ2) is 9.04. The van der Waals surface area contributed by atoms with E-state index in [0.29, 0.717) is 12.2 Å². The molecule has 0 spiro atoms. The van der Waals surface area contributed by atoms with Crippen molar-refractivity contribution in [1.29, 1.82) is 0 Å². The number of primary amides is 1. The number of benzene rings is 1. The predicted octanol–water partition coefficient (Wildman–Crippen LogP) is 0.00130. The number of rotatable bonds is 9. The molecule has 0 fully saturated rings. The molecule has 2 amide bonds. The van der Waals surface area contributed by atoms with E-state index in [1.807, 2.05) is 0 Å². The smallest absolute Gasteiger partial charge is 0.246 e. The molecule has 0 aliphatic heterocycles. The minimum absolute atomic E-state index is 0.122. The van der Waals surface area contributed by atoms with E-state index in [0.717, 1.165) is 0 Å². The number of hydrogen-bond donors (Lipinski definition) is 2. The van der Waals surface area contributed by atoms with Crippen molar-refractivity contribution >= 4 is 11.8 Å². The maximum atomic E-state index is 13.1. The Hall–Kier alpha value is -1.99. The van der Waals surface area contributed by atoms with Gasteiger partial charge in [0.1, 0.15) is 18.5 Å². The first-order valence-corrected chi connectivity index (χ1v) is 6.42. The molecule has 0 radical (unpaired) electrons. The molecule has 6 nitrogen and oxygen atoms in total. The third-order valence-corrected chi connectivity index (χ3v) is 2.67. The molecular weight excluding hydrogens is 279 g/mol. The highest BCUT2D eigenvalue weighted by Gasteiger charge is 2.18. The molecule has 3 N–H and O–H groups in total. The van der Waals surface area contributed by atoms with Crippen LogP contribution < -0.4 is 11.1 Å². The molecule has 21 heavy (non-hydrogen) atoms. The third-order valence-electron chi connectivity index (χ3n) is 2.67. The third kappa shape index (κ3) is 6.82. The molecule has 0 heterocycles. The topological polar surface area (TPSA) is 90.7 Å². The zero-order valence-corrected chi connectivity index (χ0v) is 11.8. The molecule has 0 aliphatic carbocycles. The molecule has 1 rings (SSSR count). The van der Waals surface area contributed by atoms with Crippen molar-refractivity contribution in [3.63, 3.8) is 0 Å². The van der Waals surface area contributed by atoms with Crippen LogP contribution in [0.25, 0.3) is 0 Å². The molecular formula is C14H19FN2O4. The largest absolute Gasteiger partial charge is 0.382 e. The van der Waals surface area contributed by atoms with Crippen LogP contribution in [-0.4, -0.2) is 44.8 Å². The highest BCUT2D eigenvalue weighted by molar-refractivity contribution is 5.87. The van der Waals surface area contributed by atoms with Crippen LogP contribution in [0.4, 0.5) is 4.39 Å². The molecule has 1 aromatic carbocycles. The van der Waals surface area contributed by atoms with Gasteiger partial charge in [0.05, 0.1) is 13.2 Å². The van der Waals surface area contributed by atoms with E-state index in [4.69, 9.17) is 15.2 Å². The Kier molecular flexibility index (Phi) is 7.34. The van der Waals surface area contributed by atoms with Gasteiger partial charge in [-0.05, 0) is 17.7 Å². The summed E-state index contributed by atoms with van der Waals surface area (Å²) in [5, 5.41) is 2.46. The van der Waals surface area contributed by atoms with Crippen LogP contribution in [0.3, 0.4) is 0 Å². The summed E-state index contributed by atoms with van der Waals surface area (Å²) in [6, 6.07) is 4.85. The molecule has 0 bridgehead atoms. The SMILES string of the molecule is COCCOCC(=O)N[C@H](Cc1cccc(F)c1)C(N)=O. The Morgan fingerprint density at radius 2 is 2.14 bits per heavy atom. The summed E-state index contributed by atoms with van der Waals surface area (Å²) >= 11 is 0. The fraction of sp³-hybridized carbons (Fsp3) is 0.429. The fourth-order valence-corrected chi connectivity index (χ4v) is 1.67. The van der Waals surface area contributed by atoms with Gasteiger partial charge >= 0.3 is 0 Å². The van der Waals surface area contributed by atoms with Crippen molar-refractivity contribution in [2.75, 3.05) is 26.9 Å². The average Bonchev–Trinajstić information content (AvgIpc) is 2.43. The van der Waals surface area contributed by atoms with E-state index < -0.39 is 23.7 Å². The Bertz CT molecular complexity index is 482. The summed E-state index contributed by atoms with van der Waals surface area (Å²) in [5.74, 6) is -1.57. The minimum Gasteiger partial charge on any atom is -0.382 e. The standard InChI is InChI=1S/C14H19FN2O4/c1-20-5-6-21-9-13(18)17-12(14(16)19)8-10-3-2-4-11(15)7-10/h2-4,7,12H,5-6,8-9H2,1H3,(H2,16,19)(H,17,18)/t12-/m1/s1. The first-order valence-electron chi connectivity index (χ1n) is 6.42. The highest BCUT2D eigenvalue weighted by atomic mass is 19.1. The number of carbonyl (C=O) groups is 2. The van der Waals surface area contributed by atoms with E-state index in [1.54, 1.807) is 6.07 Å². The Morgan fingerprint density at radius 3 is 2.76 bits per heavy atom. The summed E-state index contributed by atoms with van der Waals surface area (Å²) in [5.41, 5.74) is 5.81. The maximum Gasteiger partial charge on any atom is 0.246 e. The van der Waals surface area contributed by atoms with Gasteiger partial charge in [0.2, 0.25) is 11.8 Å². The van der Waals surface area contributed by atoms with Crippen molar-refractivity contribution in [1.82, 2.24) is 5.32 Å². The number of hydrogen-bond acceptors (Lipinski definition) is 4. The monoisotopic (exact) mass is 298 g/mol. The molecule has 1 aromatic rings. The first-order chi connectivity index (χ1) is 10.0. The summed E-state index contributed by atoms with van der Waals surface area (Å²) in [4.78, 5) is 23.0. The van der Waals surface area contributed by atoms with E-state index in [-0.39, 0.29) is 19.6 Å². The van der Waals surface area contributed by atoms with Crippen LogP contribution >= 0.6 is 0 Å². The number of ether oxygens (including phenoxy) is 2. The number of carbonyl (C=O) groups excluding carboxylic acids is 2. The Labute approximate surface area is 122 Å². The molecule has 1 atom stereocenters. The second-order valence-electron chi connectivity index (χ2n) is 4.40. The van der Waals surface area contributed by atoms with Crippen LogP contribution in [0.2, 0.25) is 0 Å². The summed E-state index contributed by atoms with van der Waals surface area (Å²) in [6.45, 7) is 0.446. The van der Waals surface area contributed by atoms with Gasteiger partial charge < -0.3 is 20.5 Å². The van der Waals surface area contributed by atoms with E-state index in [1.165, 1.54) is 25.3 Å². The van der Waals surface area contributed by atoms with Gasteiger partial charge in [-0.1, -0.05) is 12.1 Å². The molecule has 0 saturated carbocycles. The normalized spacial score (nSPS) is 11.9. The molecule has 7 heteroatoms. The molecule has 0 saturated heterocycles. The Morgan fingerprint density at radius 1 is 1.38 bits per heavy atom. The van der Waals surface area contributed by atoms with Crippen molar-refractivity contribution < 1.29 is 23.5 Å². The van der Waals surface area contributed by atoms with Gasteiger partial charge in [-0.2, -0.15) is 0 Å². The average molecular weight is 298 g/mol. The van der Waals surface area contributed by atoms with E-state index >= 15 is 0 Å². The maximum absolute atomic E-state index is 13.1. The van der Waals surface area contributed by atoms with E-state index in [2.05, 4.69) is 5.32 Å². The second-order valence-corrected chi connectivity index (χ2v) is 4.40. The lowest BCUT2D eigenvalue weighted by atomic mass is 10.1. The highest BCUT2D eigenvalue weighted by Crippen LogP contribution is 2.06. The molecule has 0 aliphatic rings. The lowest BCUT2D eigenvalue weighted by Gasteiger charge is -2.15. The van der Waals surface area contributed by atoms with Gasteiger partial charge in [-0.25, -0.2) is 4.39 Å². The van der Waals surface area contributed by atoms with Crippen LogP contribution in [0, 0.1) is 5.82 Å². The van der Waals surface area contributed by atoms with E-state index in [9.17, 15) is 14.0 Å².